The van der Waals surface area contributed by atoms with Crippen LogP contribution in [0.25, 0.3) is 0 Å². The number of carbonyl (C=O) groups is 2. The van der Waals surface area contributed by atoms with Crippen molar-refractivity contribution in [2.24, 2.45) is 29.1 Å². The molecule has 4 rings (SSSR count). The van der Waals surface area contributed by atoms with E-state index in [4.69, 9.17) is 0 Å². The lowest BCUT2D eigenvalue weighted by molar-refractivity contribution is -0.142. The highest BCUT2D eigenvalue weighted by Crippen LogP contribution is 2.55. The summed E-state index contributed by atoms with van der Waals surface area (Å²) < 4.78 is 13.1. The minimum atomic E-state index is -0.634. The van der Waals surface area contributed by atoms with E-state index >= 15 is 0 Å². The molecule has 7 atom stereocenters. The van der Waals surface area contributed by atoms with Crippen molar-refractivity contribution in [2.45, 2.75) is 65.1 Å². The lowest BCUT2D eigenvalue weighted by Gasteiger charge is -2.56. The molecule has 2 aliphatic carbocycles. The number of halogens is 1. The molecule has 2 saturated carbocycles. The van der Waals surface area contributed by atoms with Crippen molar-refractivity contribution in [3.8, 4) is 0 Å². The molecule has 188 valence electrons. The van der Waals surface area contributed by atoms with E-state index in [0.29, 0.717) is 12.2 Å². The highest BCUT2D eigenvalue weighted by Gasteiger charge is 2.53. The monoisotopic (exact) mass is 481 g/mol. The third kappa shape index (κ3) is 5.40. The van der Waals surface area contributed by atoms with E-state index in [9.17, 15) is 19.1 Å². The Morgan fingerprint density at radius 3 is 2.57 bits per heavy atom. The van der Waals surface area contributed by atoms with Gasteiger partial charge in [-0.1, -0.05) is 39.0 Å². The summed E-state index contributed by atoms with van der Waals surface area (Å²) in [5, 5.41) is 17.6. The standard InChI is InChI=1S/C28H36FN3O3/c1-17(26(34)31-16-19-7-9-20(29)10-8-19)21-11-13-28(3)14-12-22(18(2)24(28)25(21)33)32-27(35)23-6-4-5-15-30-23/h4-10,15,17-18,21-22,24-25,33H,11-14,16H2,1-3H3,(H,31,34)(H,32,35)/t17-,18-,21-,22-,24+,25-,28+/m0/s1. The quantitative estimate of drug-likeness (QED) is 0.580. The van der Waals surface area contributed by atoms with Crippen LogP contribution in [-0.2, 0) is 11.3 Å². The number of hydrogen-bond donors (Lipinski definition) is 3. The number of carbonyl (C=O) groups excluding carboxylic acids is 2. The van der Waals surface area contributed by atoms with Gasteiger partial charge in [-0.05, 0) is 78.7 Å². The van der Waals surface area contributed by atoms with Crippen molar-refractivity contribution in [3.63, 3.8) is 0 Å². The number of benzene rings is 1. The van der Waals surface area contributed by atoms with Crippen LogP contribution in [0, 0.1) is 34.9 Å². The summed E-state index contributed by atoms with van der Waals surface area (Å²) >= 11 is 0. The maximum absolute atomic E-state index is 13.1. The minimum absolute atomic E-state index is 0.0172. The molecule has 0 bridgehead atoms. The van der Waals surface area contributed by atoms with Crippen molar-refractivity contribution >= 4 is 11.8 Å². The molecule has 6 nitrogen and oxygen atoms in total. The maximum atomic E-state index is 13.1. The van der Waals surface area contributed by atoms with Gasteiger partial charge in [-0.25, -0.2) is 4.39 Å². The second kappa shape index (κ2) is 10.4. The first-order valence-electron chi connectivity index (χ1n) is 12.6. The van der Waals surface area contributed by atoms with Crippen LogP contribution in [-0.4, -0.2) is 34.1 Å². The number of fused-ring (bicyclic) bond motifs is 1. The average Bonchev–Trinajstić information content (AvgIpc) is 2.85. The Labute approximate surface area is 206 Å². The van der Waals surface area contributed by atoms with Crippen LogP contribution in [0.2, 0.25) is 0 Å². The first-order valence-corrected chi connectivity index (χ1v) is 12.6. The van der Waals surface area contributed by atoms with Gasteiger partial charge in [0.05, 0.1) is 6.10 Å². The summed E-state index contributed by atoms with van der Waals surface area (Å²) in [6, 6.07) is 11.3. The van der Waals surface area contributed by atoms with Crippen LogP contribution in [0.15, 0.2) is 48.7 Å². The number of nitrogens with zero attached hydrogens (tertiary/aromatic N) is 1. The van der Waals surface area contributed by atoms with Crippen molar-refractivity contribution in [1.29, 1.82) is 0 Å². The Morgan fingerprint density at radius 2 is 1.89 bits per heavy atom. The molecule has 2 aliphatic rings. The molecule has 0 saturated heterocycles. The molecule has 1 heterocycles. The van der Waals surface area contributed by atoms with Crippen LogP contribution in [0.4, 0.5) is 4.39 Å². The third-order valence-corrected chi connectivity index (χ3v) is 8.54. The van der Waals surface area contributed by atoms with Gasteiger partial charge in [0, 0.05) is 24.7 Å². The van der Waals surface area contributed by atoms with Gasteiger partial charge in [-0.2, -0.15) is 0 Å². The summed E-state index contributed by atoms with van der Waals surface area (Å²) in [6.45, 7) is 6.55. The molecule has 7 heteroatoms. The fourth-order valence-electron chi connectivity index (χ4n) is 6.38. The molecule has 0 spiro atoms. The molecule has 1 aromatic heterocycles. The molecule has 0 unspecified atom stereocenters. The number of pyridine rings is 1. The van der Waals surface area contributed by atoms with Crippen LogP contribution in [0.5, 0.6) is 0 Å². The minimum Gasteiger partial charge on any atom is -0.392 e. The van der Waals surface area contributed by atoms with E-state index in [0.717, 1.165) is 31.2 Å². The normalized spacial score (nSPS) is 31.2. The number of amides is 2. The third-order valence-electron chi connectivity index (χ3n) is 8.54. The molecule has 3 N–H and O–H groups in total. The lowest BCUT2D eigenvalue weighted by Crippen LogP contribution is -2.58. The van der Waals surface area contributed by atoms with Gasteiger partial charge in [-0.15, -0.1) is 0 Å². The molecule has 2 aromatic rings. The van der Waals surface area contributed by atoms with Crippen molar-refractivity contribution in [3.05, 3.63) is 65.7 Å². The summed E-state index contributed by atoms with van der Waals surface area (Å²) in [5.41, 5.74) is 1.20. The van der Waals surface area contributed by atoms with Gasteiger partial charge < -0.3 is 15.7 Å². The molecular weight excluding hydrogens is 445 g/mol. The molecule has 2 fully saturated rings. The smallest absolute Gasteiger partial charge is 0.270 e. The molecule has 1 aromatic carbocycles. The molecule has 2 amide bonds. The number of aromatic nitrogens is 1. The van der Waals surface area contributed by atoms with Gasteiger partial charge in [0.1, 0.15) is 11.5 Å². The zero-order chi connectivity index (χ0) is 25.2. The molecule has 0 radical (unpaired) electrons. The molecule has 0 aliphatic heterocycles. The number of rotatable bonds is 6. The van der Waals surface area contributed by atoms with Crippen molar-refractivity contribution in [1.82, 2.24) is 15.6 Å². The Kier molecular flexibility index (Phi) is 7.55. The lowest BCUT2D eigenvalue weighted by atomic mass is 9.51. The van der Waals surface area contributed by atoms with Gasteiger partial charge in [0.2, 0.25) is 5.91 Å². The number of aliphatic hydroxyl groups is 1. The highest BCUT2D eigenvalue weighted by atomic mass is 19.1. The van der Waals surface area contributed by atoms with Gasteiger partial charge in [0.25, 0.3) is 5.91 Å². The van der Waals surface area contributed by atoms with E-state index < -0.39 is 6.10 Å². The Hall–Kier alpha value is -2.80. The zero-order valence-corrected chi connectivity index (χ0v) is 20.7. The van der Waals surface area contributed by atoms with Crippen LogP contribution in [0.3, 0.4) is 0 Å². The topological polar surface area (TPSA) is 91.3 Å². The first kappa shape index (κ1) is 25.3. The summed E-state index contributed by atoms with van der Waals surface area (Å²) in [4.78, 5) is 29.8. The van der Waals surface area contributed by atoms with Crippen molar-refractivity contribution in [2.75, 3.05) is 0 Å². The van der Waals surface area contributed by atoms with Crippen LogP contribution >= 0.6 is 0 Å². The predicted octanol–water partition coefficient (Wildman–Crippen LogP) is 4.09. The predicted molar refractivity (Wildman–Crippen MR) is 132 cm³/mol. The largest absolute Gasteiger partial charge is 0.392 e. The number of hydrogen-bond acceptors (Lipinski definition) is 4. The Bertz CT molecular complexity index is 1030. The van der Waals surface area contributed by atoms with Gasteiger partial charge in [0.15, 0.2) is 0 Å². The zero-order valence-electron chi connectivity index (χ0n) is 20.7. The molecular formula is C28H36FN3O3. The summed E-state index contributed by atoms with van der Waals surface area (Å²) in [5.74, 6) is -1.07. The maximum Gasteiger partial charge on any atom is 0.270 e. The molecule has 35 heavy (non-hydrogen) atoms. The van der Waals surface area contributed by atoms with Crippen molar-refractivity contribution < 1.29 is 19.1 Å². The van der Waals surface area contributed by atoms with E-state index in [2.05, 4.69) is 29.5 Å². The van der Waals surface area contributed by atoms with E-state index in [-0.39, 0.29) is 52.8 Å². The highest BCUT2D eigenvalue weighted by molar-refractivity contribution is 5.92. The van der Waals surface area contributed by atoms with E-state index in [1.165, 1.54) is 12.1 Å². The summed E-state index contributed by atoms with van der Waals surface area (Å²) in [6.07, 6.45) is 4.48. The fraction of sp³-hybridized carbons (Fsp3) is 0.536. The second-order valence-electron chi connectivity index (χ2n) is 10.7. The summed E-state index contributed by atoms with van der Waals surface area (Å²) in [7, 11) is 0. The second-order valence-corrected chi connectivity index (χ2v) is 10.7. The first-order chi connectivity index (χ1) is 16.7. The average molecular weight is 482 g/mol. The SMILES string of the molecule is C[C@@H]1[C@@H]2[C@@H](O)[C@H]([C@H](C)C(=O)NCc3ccc(F)cc3)CC[C@]2(C)CC[C@@H]1NC(=O)c1ccccn1. The van der Waals surface area contributed by atoms with Crippen LogP contribution < -0.4 is 10.6 Å². The Balaban J connectivity index is 1.41. The Morgan fingerprint density at radius 1 is 1.17 bits per heavy atom. The van der Waals surface area contributed by atoms with E-state index in [1.807, 2.05) is 6.92 Å². The fourth-order valence-corrected chi connectivity index (χ4v) is 6.38. The van der Waals surface area contributed by atoms with Gasteiger partial charge >= 0.3 is 0 Å². The number of nitrogens with one attached hydrogen (secondary N) is 2. The van der Waals surface area contributed by atoms with Crippen LogP contribution in [0.1, 0.15) is 62.5 Å². The van der Waals surface area contributed by atoms with E-state index in [1.54, 1.807) is 36.5 Å². The van der Waals surface area contributed by atoms with Gasteiger partial charge in [-0.3, -0.25) is 14.6 Å². The number of aliphatic hydroxyl groups excluding tert-OH is 1.